The highest BCUT2D eigenvalue weighted by molar-refractivity contribution is 8.72. The Kier molecular flexibility index (Phi) is 4.47. The van der Waals surface area contributed by atoms with E-state index >= 15 is 0 Å². The molecule has 1 aromatic carbocycles. The smallest absolute Gasteiger partial charge is 0.330 e. The van der Waals surface area contributed by atoms with Gasteiger partial charge in [0.2, 0.25) is 8.87 Å². The molecule has 4 saturated carbocycles. The van der Waals surface area contributed by atoms with E-state index in [0.29, 0.717) is 18.3 Å². The van der Waals surface area contributed by atoms with Crippen molar-refractivity contribution in [3.05, 3.63) is 48.6 Å². The van der Waals surface area contributed by atoms with E-state index in [2.05, 4.69) is 6.58 Å². The average molecular weight is 393 g/mol. The lowest BCUT2D eigenvalue weighted by atomic mass is 9.53. The van der Waals surface area contributed by atoms with Crippen LogP contribution < -0.4 is 0 Å². The Balaban J connectivity index is 1.56. The van der Waals surface area contributed by atoms with Crippen LogP contribution in [0, 0.1) is 11.8 Å². The van der Waals surface area contributed by atoms with Crippen LogP contribution in [0.25, 0.3) is 0 Å². The van der Waals surface area contributed by atoms with Gasteiger partial charge in [-0.2, -0.15) is 0 Å². The quantitative estimate of drug-likeness (QED) is 0.415. The second-order valence-corrected chi connectivity index (χ2v) is 12.7. The normalized spacial score (nSPS) is 35.2. The summed E-state index contributed by atoms with van der Waals surface area (Å²) in [5.41, 5.74) is 0.322. The number of hydrogen-bond donors (Lipinski definition) is 0. The summed E-state index contributed by atoms with van der Waals surface area (Å²) in [5, 5.41) is 0. The zero-order valence-electron chi connectivity index (χ0n) is 14.7. The monoisotopic (exact) mass is 392 g/mol. The second-order valence-electron chi connectivity index (χ2n) is 8.22. The van der Waals surface area contributed by atoms with Crippen molar-refractivity contribution in [2.24, 2.45) is 11.8 Å². The van der Waals surface area contributed by atoms with Gasteiger partial charge in [-0.1, -0.05) is 36.9 Å². The van der Waals surface area contributed by atoms with Gasteiger partial charge in [0.1, 0.15) is 5.60 Å². The van der Waals surface area contributed by atoms with E-state index in [4.69, 9.17) is 4.74 Å². The van der Waals surface area contributed by atoms with Gasteiger partial charge < -0.3 is 4.74 Å². The van der Waals surface area contributed by atoms with Gasteiger partial charge in [-0.3, -0.25) is 0 Å². The standard InChI is InChI=1S/C20H24O4S2/c1-2-18(21)24-19-9-16-8-17(10-19)12-20(11-16,14-19)25-26(22,23)13-15-6-4-3-5-7-15/h2-7,16-17H,1,8-14H2. The molecule has 4 aliphatic carbocycles. The van der Waals surface area contributed by atoms with Gasteiger partial charge >= 0.3 is 5.97 Å². The Bertz CT molecular complexity index is 801. The van der Waals surface area contributed by atoms with Crippen LogP contribution in [-0.4, -0.2) is 24.7 Å². The van der Waals surface area contributed by atoms with Crippen LogP contribution in [0.5, 0.6) is 0 Å². The van der Waals surface area contributed by atoms with E-state index < -0.39 is 14.5 Å². The molecule has 0 spiro atoms. The zero-order valence-corrected chi connectivity index (χ0v) is 16.4. The molecular weight excluding hydrogens is 368 g/mol. The molecule has 1 aromatic rings. The summed E-state index contributed by atoms with van der Waals surface area (Å²) in [4.78, 5) is 11.9. The summed E-state index contributed by atoms with van der Waals surface area (Å²) in [5.74, 6) is 0.565. The van der Waals surface area contributed by atoms with E-state index in [1.54, 1.807) is 0 Å². The van der Waals surface area contributed by atoms with Crippen molar-refractivity contribution < 1.29 is 17.9 Å². The minimum Gasteiger partial charge on any atom is -0.456 e. The molecule has 140 valence electrons. The van der Waals surface area contributed by atoms with E-state index in [-0.39, 0.29) is 16.5 Å². The third-order valence-corrected chi connectivity index (χ3v) is 9.88. The van der Waals surface area contributed by atoms with Crippen LogP contribution in [0.1, 0.15) is 44.1 Å². The molecule has 5 rings (SSSR count). The van der Waals surface area contributed by atoms with Crippen molar-refractivity contribution in [2.45, 2.75) is 54.6 Å². The molecule has 0 saturated heterocycles. The molecular formula is C20H24O4S2. The molecule has 2 atom stereocenters. The third-order valence-electron chi connectivity index (χ3n) is 5.93. The molecule has 0 aliphatic heterocycles. The maximum Gasteiger partial charge on any atom is 0.330 e. The van der Waals surface area contributed by atoms with Crippen molar-refractivity contribution in [1.29, 1.82) is 0 Å². The summed E-state index contributed by atoms with van der Waals surface area (Å²) >= 11 is 0. The van der Waals surface area contributed by atoms with Crippen molar-refractivity contribution in [2.75, 3.05) is 0 Å². The van der Waals surface area contributed by atoms with Crippen LogP contribution in [0.15, 0.2) is 43.0 Å². The highest BCUT2D eigenvalue weighted by atomic mass is 33.1. The number of carbonyl (C=O) groups excluding carboxylic acids is 1. The van der Waals surface area contributed by atoms with Gasteiger partial charge in [0, 0.05) is 17.2 Å². The first kappa shape index (κ1) is 18.1. The van der Waals surface area contributed by atoms with Gasteiger partial charge in [0.15, 0.2) is 0 Å². The predicted molar refractivity (Wildman–Crippen MR) is 103 cm³/mol. The molecule has 2 unspecified atom stereocenters. The zero-order chi connectivity index (χ0) is 18.4. The number of ether oxygens (including phenoxy) is 1. The van der Waals surface area contributed by atoms with Gasteiger partial charge in [0.05, 0.1) is 5.75 Å². The largest absolute Gasteiger partial charge is 0.456 e. The summed E-state index contributed by atoms with van der Waals surface area (Å²) in [6.07, 6.45) is 6.55. The number of carbonyl (C=O) groups is 1. The lowest BCUT2D eigenvalue weighted by Crippen LogP contribution is -2.59. The van der Waals surface area contributed by atoms with Crippen LogP contribution >= 0.6 is 10.8 Å². The van der Waals surface area contributed by atoms with Gasteiger partial charge in [-0.05, 0) is 60.3 Å². The van der Waals surface area contributed by atoms with E-state index in [1.807, 2.05) is 30.3 Å². The van der Waals surface area contributed by atoms with Crippen LogP contribution in [0.4, 0.5) is 0 Å². The third kappa shape index (κ3) is 3.58. The lowest BCUT2D eigenvalue weighted by molar-refractivity contribution is -0.177. The highest BCUT2D eigenvalue weighted by Gasteiger charge is 2.61. The van der Waals surface area contributed by atoms with Gasteiger partial charge in [-0.25, -0.2) is 13.2 Å². The number of hydrogen-bond acceptors (Lipinski definition) is 5. The summed E-state index contributed by atoms with van der Waals surface area (Å²) in [6.45, 7) is 3.51. The molecule has 0 N–H and O–H groups in total. The Morgan fingerprint density at radius 1 is 1.19 bits per heavy atom. The molecule has 4 bridgehead atoms. The minimum atomic E-state index is -3.30. The Morgan fingerprint density at radius 3 is 2.46 bits per heavy atom. The number of esters is 1. The molecule has 6 heteroatoms. The van der Waals surface area contributed by atoms with Crippen LogP contribution in [0.2, 0.25) is 0 Å². The van der Waals surface area contributed by atoms with E-state index in [1.165, 1.54) is 6.08 Å². The molecule has 0 amide bonds. The Labute approximate surface area is 158 Å². The Hall–Kier alpha value is -1.27. The van der Waals surface area contributed by atoms with Crippen molar-refractivity contribution >= 4 is 25.6 Å². The van der Waals surface area contributed by atoms with Gasteiger partial charge in [0.25, 0.3) is 0 Å². The first-order valence-corrected chi connectivity index (χ1v) is 12.1. The molecule has 0 radical (unpaired) electrons. The lowest BCUT2D eigenvalue weighted by Gasteiger charge is -2.60. The summed E-state index contributed by atoms with van der Waals surface area (Å²) in [6, 6.07) is 9.32. The fraction of sp³-hybridized carbons (Fsp3) is 0.550. The molecule has 4 nitrogen and oxygen atoms in total. The molecule has 26 heavy (non-hydrogen) atoms. The maximum atomic E-state index is 12.9. The van der Waals surface area contributed by atoms with Crippen molar-refractivity contribution in [3.63, 3.8) is 0 Å². The fourth-order valence-electron chi connectivity index (χ4n) is 5.65. The van der Waals surface area contributed by atoms with E-state index in [9.17, 15) is 13.2 Å². The molecule has 4 fully saturated rings. The topological polar surface area (TPSA) is 60.4 Å². The van der Waals surface area contributed by atoms with Crippen LogP contribution in [0.3, 0.4) is 0 Å². The SMILES string of the molecule is C=CC(=O)OC12CC3CC(C1)CC(SS(=O)(=O)Cc1ccccc1)(C3)C2. The van der Waals surface area contributed by atoms with Crippen molar-refractivity contribution in [1.82, 2.24) is 0 Å². The fourth-order valence-corrected chi connectivity index (χ4v) is 10.6. The minimum absolute atomic E-state index is 0.0506. The molecule has 0 heterocycles. The van der Waals surface area contributed by atoms with Crippen molar-refractivity contribution in [3.8, 4) is 0 Å². The highest BCUT2D eigenvalue weighted by Crippen LogP contribution is 2.64. The second kappa shape index (κ2) is 6.41. The maximum absolute atomic E-state index is 12.9. The summed E-state index contributed by atoms with van der Waals surface area (Å²) in [7, 11) is -2.16. The average Bonchev–Trinajstić information content (AvgIpc) is 2.52. The van der Waals surface area contributed by atoms with Crippen LogP contribution in [-0.2, 0) is 24.2 Å². The van der Waals surface area contributed by atoms with E-state index in [0.717, 1.165) is 48.5 Å². The summed E-state index contributed by atoms with van der Waals surface area (Å²) < 4.78 is 31.3. The first-order valence-electron chi connectivity index (χ1n) is 9.14. The molecule has 4 aliphatic rings. The number of rotatable bonds is 6. The first-order chi connectivity index (χ1) is 12.3. The van der Waals surface area contributed by atoms with Gasteiger partial charge in [-0.15, -0.1) is 0 Å². The molecule has 0 aromatic heterocycles. The number of benzene rings is 1. The predicted octanol–water partition coefficient (Wildman–Crippen LogP) is 4.07. The Morgan fingerprint density at radius 2 is 1.85 bits per heavy atom.